The van der Waals surface area contributed by atoms with Crippen molar-refractivity contribution in [2.45, 2.75) is 6.92 Å². The van der Waals surface area contributed by atoms with E-state index in [0.717, 1.165) is 18.7 Å². The summed E-state index contributed by atoms with van der Waals surface area (Å²) < 4.78 is 19.7. The molecule has 0 unspecified atom stereocenters. The molecule has 0 aliphatic carbocycles. The van der Waals surface area contributed by atoms with Gasteiger partial charge in [-0.2, -0.15) is 0 Å². The number of anilines is 2. The molecule has 4 aromatic rings. The molecular formula is C30H25Cl2N3O9. The third-order valence-electron chi connectivity index (χ3n) is 5.43. The minimum Gasteiger partial charge on any atom is -0.465 e. The molecule has 228 valence electrons. The lowest BCUT2D eigenvalue weighted by Gasteiger charge is -2.09. The number of carbonyl (C=O) groups excluding carboxylic acids is 3. The second-order valence-corrected chi connectivity index (χ2v) is 9.48. The van der Waals surface area contributed by atoms with Gasteiger partial charge in [-0.25, -0.2) is 14.4 Å². The van der Waals surface area contributed by atoms with Crippen molar-refractivity contribution in [2.75, 3.05) is 24.9 Å². The molecule has 4 rings (SSSR count). The Morgan fingerprint density at radius 3 is 2.09 bits per heavy atom. The van der Waals surface area contributed by atoms with Crippen molar-refractivity contribution < 1.29 is 38.3 Å². The van der Waals surface area contributed by atoms with Gasteiger partial charge in [0.15, 0.2) is 0 Å². The Balaban J connectivity index is 0.000000240. The number of carbonyl (C=O) groups is 3. The number of nitrogens with one attached hydrogen (secondary N) is 2. The van der Waals surface area contributed by atoms with Crippen molar-refractivity contribution in [1.82, 2.24) is 0 Å². The molecule has 0 aliphatic rings. The smallest absolute Gasteiger partial charge is 0.417 e. The maximum atomic E-state index is 11.8. The third kappa shape index (κ3) is 9.89. The average Bonchev–Trinajstić information content (AvgIpc) is 2.98. The van der Waals surface area contributed by atoms with Crippen LogP contribution in [0, 0.1) is 17.0 Å². The maximum Gasteiger partial charge on any atom is 0.417 e. The summed E-state index contributed by atoms with van der Waals surface area (Å²) >= 11 is 11.8. The molecule has 0 aliphatic heterocycles. The second-order valence-electron chi connectivity index (χ2n) is 8.63. The monoisotopic (exact) mass is 641 g/mol. The number of nitrogens with zero attached hydrogens (tertiary/aromatic N) is 1. The molecule has 0 saturated heterocycles. The van der Waals surface area contributed by atoms with Gasteiger partial charge in [0.2, 0.25) is 0 Å². The zero-order valence-corrected chi connectivity index (χ0v) is 25.0. The third-order valence-corrected chi connectivity index (χ3v) is 5.96. The Hall–Kier alpha value is -5.33. The quantitative estimate of drug-likeness (QED) is 0.115. The molecule has 0 atom stereocenters. The van der Waals surface area contributed by atoms with Gasteiger partial charge in [0.05, 0.1) is 24.2 Å². The van der Waals surface area contributed by atoms with Gasteiger partial charge in [0.1, 0.15) is 22.8 Å². The SMILES string of the molecule is COC(=O)Nc1cccc(OC(=O)Nc2cccc(C)c2)c1.COC(=O)c1cc(Oc2ccc(Cl)cc2Cl)ccc1[N+](=O)[O-]. The summed E-state index contributed by atoms with van der Waals surface area (Å²) in [6, 6.07) is 22.2. The van der Waals surface area contributed by atoms with Crippen LogP contribution in [0.25, 0.3) is 0 Å². The van der Waals surface area contributed by atoms with Gasteiger partial charge >= 0.3 is 18.2 Å². The molecular weight excluding hydrogens is 617 g/mol. The van der Waals surface area contributed by atoms with Gasteiger partial charge in [-0.15, -0.1) is 0 Å². The minimum absolute atomic E-state index is 0.204. The lowest BCUT2D eigenvalue weighted by atomic mass is 10.1. The first-order chi connectivity index (χ1) is 21.0. The highest BCUT2D eigenvalue weighted by Crippen LogP contribution is 2.33. The predicted molar refractivity (Wildman–Crippen MR) is 164 cm³/mol. The number of methoxy groups -OCH3 is 2. The number of ether oxygens (including phenoxy) is 4. The van der Waals surface area contributed by atoms with Crippen LogP contribution in [0.4, 0.5) is 26.7 Å². The van der Waals surface area contributed by atoms with Crippen LogP contribution >= 0.6 is 23.2 Å². The molecule has 0 aromatic heterocycles. The standard InChI is InChI=1S/C16H16N2O4.C14H9Cl2NO5/c1-11-5-3-6-12(9-11)18-16(20)22-14-8-4-7-13(10-14)17-15(19)21-2;1-21-14(18)10-7-9(3-4-12(10)17(19)20)22-13-5-2-8(15)6-11(13)16/h3-10H,1-2H3,(H,17,19)(H,18,20);2-7H,1H3. The lowest BCUT2D eigenvalue weighted by Crippen LogP contribution is -2.17. The van der Waals surface area contributed by atoms with Crippen molar-refractivity contribution in [3.05, 3.63) is 116 Å². The van der Waals surface area contributed by atoms with Gasteiger partial charge in [0, 0.05) is 34.6 Å². The Labute approximate surface area is 261 Å². The molecule has 0 fully saturated rings. The maximum absolute atomic E-state index is 11.8. The highest BCUT2D eigenvalue weighted by atomic mass is 35.5. The van der Waals surface area contributed by atoms with Crippen LogP contribution in [0.3, 0.4) is 0 Å². The summed E-state index contributed by atoms with van der Waals surface area (Å²) in [6.45, 7) is 1.93. The number of halogens is 2. The van der Waals surface area contributed by atoms with E-state index in [-0.39, 0.29) is 22.0 Å². The average molecular weight is 642 g/mol. The number of nitro benzene ring substituents is 1. The Bertz CT molecular complexity index is 1680. The first-order valence-corrected chi connectivity index (χ1v) is 13.2. The first kappa shape index (κ1) is 33.2. The lowest BCUT2D eigenvalue weighted by molar-refractivity contribution is -0.385. The number of nitro groups is 1. The zero-order valence-electron chi connectivity index (χ0n) is 23.5. The fraction of sp³-hybridized carbons (Fsp3) is 0.100. The first-order valence-electron chi connectivity index (χ1n) is 12.5. The van der Waals surface area contributed by atoms with Crippen molar-refractivity contribution in [3.8, 4) is 17.2 Å². The van der Waals surface area contributed by atoms with E-state index in [2.05, 4.69) is 20.1 Å². The van der Waals surface area contributed by atoms with Crippen LogP contribution in [0.2, 0.25) is 10.0 Å². The Morgan fingerprint density at radius 2 is 1.45 bits per heavy atom. The van der Waals surface area contributed by atoms with Crippen LogP contribution in [-0.2, 0) is 9.47 Å². The molecule has 0 bridgehead atoms. The van der Waals surface area contributed by atoms with E-state index < -0.39 is 23.1 Å². The van der Waals surface area contributed by atoms with E-state index in [1.807, 2.05) is 25.1 Å². The van der Waals surface area contributed by atoms with E-state index >= 15 is 0 Å². The number of esters is 1. The number of aryl methyl sites for hydroxylation is 1. The van der Waals surface area contributed by atoms with Crippen LogP contribution in [0.5, 0.6) is 17.2 Å². The molecule has 14 heteroatoms. The normalized spacial score (nSPS) is 9.93. The second kappa shape index (κ2) is 15.8. The Kier molecular flexibility index (Phi) is 11.9. The van der Waals surface area contributed by atoms with Crippen molar-refractivity contribution in [1.29, 1.82) is 0 Å². The molecule has 0 heterocycles. The van der Waals surface area contributed by atoms with Crippen LogP contribution in [-0.4, -0.2) is 37.3 Å². The molecule has 0 saturated carbocycles. The van der Waals surface area contributed by atoms with Crippen LogP contribution in [0.1, 0.15) is 15.9 Å². The van der Waals surface area contributed by atoms with Crippen LogP contribution < -0.4 is 20.1 Å². The predicted octanol–water partition coefficient (Wildman–Crippen LogP) is 8.26. The molecule has 0 spiro atoms. The molecule has 12 nitrogen and oxygen atoms in total. The summed E-state index contributed by atoms with van der Waals surface area (Å²) in [5.74, 6) is -0.0237. The topological polar surface area (TPSA) is 155 Å². The summed E-state index contributed by atoms with van der Waals surface area (Å²) in [5.41, 5.74) is 1.56. The van der Waals surface area contributed by atoms with Gasteiger partial charge in [-0.05, 0) is 61.0 Å². The summed E-state index contributed by atoms with van der Waals surface area (Å²) in [6.07, 6.45) is -1.21. The largest absolute Gasteiger partial charge is 0.465 e. The van der Waals surface area contributed by atoms with E-state index in [1.165, 1.54) is 31.4 Å². The van der Waals surface area contributed by atoms with Gasteiger partial charge in [-0.1, -0.05) is 41.4 Å². The number of benzene rings is 4. The number of hydrogen-bond donors (Lipinski definition) is 2. The number of hydrogen-bond acceptors (Lipinski definition) is 9. The molecule has 44 heavy (non-hydrogen) atoms. The number of amides is 2. The van der Waals surface area contributed by atoms with Crippen molar-refractivity contribution in [2.24, 2.45) is 0 Å². The van der Waals surface area contributed by atoms with Gasteiger partial charge in [0.25, 0.3) is 5.69 Å². The van der Waals surface area contributed by atoms with Gasteiger partial charge in [-0.3, -0.25) is 20.7 Å². The summed E-state index contributed by atoms with van der Waals surface area (Å²) in [7, 11) is 2.40. The molecule has 2 N–H and O–H groups in total. The fourth-order valence-electron chi connectivity index (χ4n) is 3.48. The molecule has 2 amide bonds. The number of rotatable bonds is 7. The van der Waals surface area contributed by atoms with E-state index in [4.69, 9.17) is 32.7 Å². The zero-order chi connectivity index (χ0) is 32.2. The highest BCUT2D eigenvalue weighted by molar-refractivity contribution is 6.35. The minimum atomic E-state index is -0.834. The van der Waals surface area contributed by atoms with Crippen molar-refractivity contribution in [3.63, 3.8) is 0 Å². The Morgan fingerprint density at radius 1 is 0.773 bits per heavy atom. The molecule has 4 aromatic carbocycles. The highest BCUT2D eigenvalue weighted by Gasteiger charge is 2.22. The van der Waals surface area contributed by atoms with Crippen molar-refractivity contribution >= 4 is 58.4 Å². The summed E-state index contributed by atoms with van der Waals surface area (Å²) in [4.78, 5) is 44.9. The van der Waals surface area contributed by atoms with E-state index in [0.29, 0.717) is 27.9 Å². The molecule has 0 radical (unpaired) electrons. The van der Waals surface area contributed by atoms with Crippen LogP contribution in [0.15, 0.2) is 84.9 Å². The summed E-state index contributed by atoms with van der Waals surface area (Å²) in [5, 5.41) is 16.8. The van der Waals surface area contributed by atoms with E-state index in [9.17, 15) is 24.5 Å². The van der Waals surface area contributed by atoms with Gasteiger partial charge < -0.3 is 18.9 Å². The fourth-order valence-corrected chi connectivity index (χ4v) is 3.92. The van der Waals surface area contributed by atoms with E-state index in [1.54, 1.807) is 36.4 Å².